The number of carbonyl (C=O) groups excluding carboxylic acids is 4. The zero-order valence-electron chi connectivity index (χ0n) is 26.0. The van der Waals surface area contributed by atoms with Gasteiger partial charge in [-0.15, -0.1) is 0 Å². The molecule has 0 aromatic heterocycles. The van der Waals surface area contributed by atoms with Gasteiger partial charge in [0.25, 0.3) is 0 Å². The van der Waals surface area contributed by atoms with Crippen molar-refractivity contribution in [1.29, 1.82) is 0 Å². The Morgan fingerprint density at radius 1 is 1.00 bits per heavy atom. The first-order valence-corrected chi connectivity index (χ1v) is 17.4. The van der Waals surface area contributed by atoms with Crippen LogP contribution in [0, 0.1) is 5.82 Å². The molecular weight excluding hydrogens is 639 g/mol. The van der Waals surface area contributed by atoms with Gasteiger partial charge in [-0.1, -0.05) is 6.07 Å². The zero-order valence-corrected chi connectivity index (χ0v) is 26.9. The fourth-order valence-corrected chi connectivity index (χ4v) is 9.12. The van der Waals surface area contributed by atoms with Crippen LogP contribution in [0.5, 0.6) is 0 Å². The van der Waals surface area contributed by atoms with Crippen LogP contribution in [-0.2, 0) is 33.9 Å². The number of benzene rings is 1. The number of likely N-dealkylation sites (tertiary alicyclic amines) is 2. The maximum absolute atomic E-state index is 14.3. The third-order valence-corrected chi connectivity index (χ3v) is 11.9. The number of ether oxygens (including phenoxy) is 1. The second-order valence-corrected chi connectivity index (χ2v) is 14.9. The predicted octanol–water partition coefficient (Wildman–Crippen LogP) is -2.39. The molecular formula is C30H41FN6O9S. The Balaban J connectivity index is 1.31. The first-order valence-electron chi connectivity index (χ1n) is 16.0. The van der Waals surface area contributed by atoms with Gasteiger partial charge < -0.3 is 35.4 Å². The molecule has 5 saturated heterocycles. The lowest BCUT2D eigenvalue weighted by Crippen LogP contribution is -2.63. The molecule has 5 heterocycles. The number of aliphatic hydroxyl groups is 2. The van der Waals surface area contributed by atoms with Gasteiger partial charge in [-0.25, -0.2) is 12.8 Å². The summed E-state index contributed by atoms with van der Waals surface area (Å²) in [5.41, 5.74) is 0. The van der Waals surface area contributed by atoms with E-state index in [9.17, 15) is 42.2 Å². The molecule has 6 rings (SSSR count). The van der Waals surface area contributed by atoms with Crippen LogP contribution in [0.2, 0.25) is 0 Å². The minimum Gasteiger partial charge on any atom is -0.388 e. The molecule has 5 aliphatic rings. The number of piperazine rings is 1. The number of fused-ring (bicyclic) bond motifs is 6. The van der Waals surface area contributed by atoms with Crippen molar-refractivity contribution >= 4 is 33.7 Å². The van der Waals surface area contributed by atoms with E-state index in [-0.39, 0.29) is 61.8 Å². The number of halogens is 1. The van der Waals surface area contributed by atoms with Crippen molar-refractivity contribution in [1.82, 2.24) is 29.6 Å². The summed E-state index contributed by atoms with van der Waals surface area (Å²) in [6.45, 7) is 2.05. The number of nitrogens with zero attached hydrogens (tertiary/aromatic N) is 4. The molecule has 15 nitrogen and oxygen atoms in total. The van der Waals surface area contributed by atoms with Gasteiger partial charge in [0.05, 0.1) is 23.5 Å². The highest BCUT2D eigenvalue weighted by Gasteiger charge is 2.49. The molecule has 1 aromatic carbocycles. The summed E-state index contributed by atoms with van der Waals surface area (Å²) in [5.74, 6) is -2.28. The third-order valence-electron chi connectivity index (χ3n) is 10.0. The molecule has 4 N–H and O–H groups in total. The lowest BCUT2D eigenvalue weighted by Gasteiger charge is -2.43. The first-order chi connectivity index (χ1) is 22.3. The van der Waals surface area contributed by atoms with Crippen LogP contribution in [0.25, 0.3) is 0 Å². The van der Waals surface area contributed by atoms with E-state index in [0.717, 1.165) is 16.4 Å². The number of amides is 4. The fraction of sp³-hybridized carbons (Fsp3) is 0.667. The minimum absolute atomic E-state index is 0.0281. The number of rotatable bonds is 3. The summed E-state index contributed by atoms with van der Waals surface area (Å²) in [7, 11) is -4.38. The quantitative estimate of drug-likeness (QED) is 0.268. The Bertz CT molecular complexity index is 1510. The van der Waals surface area contributed by atoms with Gasteiger partial charge in [0, 0.05) is 64.8 Å². The van der Waals surface area contributed by atoms with Gasteiger partial charge >= 0.3 is 0 Å². The number of piperidine rings is 1. The van der Waals surface area contributed by atoms with E-state index >= 15 is 0 Å². The Labute approximate surface area is 272 Å². The largest absolute Gasteiger partial charge is 0.388 e. The van der Waals surface area contributed by atoms with E-state index in [2.05, 4.69) is 10.6 Å². The second-order valence-electron chi connectivity index (χ2n) is 13.0. The molecule has 5 aliphatic heterocycles. The Hall–Kier alpha value is -3.22. The monoisotopic (exact) mass is 680 g/mol. The van der Waals surface area contributed by atoms with Crippen LogP contribution in [0.4, 0.5) is 4.39 Å². The Morgan fingerprint density at radius 2 is 1.72 bits per heavy atom. The number of aliphatic hydroxyl groups excluding tert-OH is 2. The summed E-state index contributed by atoms with van der Waals surface area (Å²) in [5, 5.41) is 26.8. The molecule has 0 aliphatic carbocycles. The highest BCUT2D eigenvalue weighted by molar-refractivity contribution is 7.89. The van der Waals surface area contributed by atoms with Crippen molar-refractivity contribution in [2.24, 2.45) is 0 Å². The minimum atomic E-state index is -4.38. The van der Waals surface area contributed by atoms with E-state index in [4.69, 9.17) is 4.74 Å². The Kier molecular flexibility index (Phi) is 9.57. The van der Waals surface area contributed by atoms with E-state index < -0.39 is 70.2 Å². The van der Waals surface area contributed by atoms with Gasteiger partial charge in [0.2, 0.25) is 33.7 Å². The van der Waals surface area contributed by atoms with Crippen LogP contribution in [0.3, 0.4) is 0 Å². The molecule has 47 heavy (non-hydrogen) atoms. The normalized spacial score (nSPS) is 33.5. The topological polar surface area (TPSA) is 189 Å². The highest BCUT2D eigenvalue weighted by Crippen LogP contribution is 2.31. The molecule has 0 radical (unpaired) electrons. The van der Waals surface area contributed by atoms with Crippen LogP contribution in [0.15, 0.2) is 29.2 Å². The molecule has 258 valence electrons. The maximum atomic E-state index is 14.3. The number of carbonyl (C=O) groups is 4. The van der Waals surface area contributed by atoms with Crippen molar-refractivity contribution in [3.8, 4) is 0 Å². The number of nitrogens with one attached hydrogen (secondary N) is 2. The summed E-state index contributed by atoms with van der Waals surface area (Å²) < 4.78 is 48.3. The zero-order chi connectivity index (χ0) is 33.6. The van der Waals surface area contributed by atoms with Crippen LogP contribution >= 0.6 is 0 Å². The molecule has 6 bridgehead atoms. The summed E-state index contributed by atoms with van der Waals surface area (Å²) in [6, 6.07) is 1.90. The number of hydrogen-bond donors (Lipinski definition) is 4. The average molecular weight is 681 g/mol. The lowest BCUT2D eigenvalue weighted by molar-refractivity contribution is -0.142. The van der Waals surface area contributed by atoms with Gasteiger partial charge in [-0.2, -0.15) is 4.31 Å². The molecule has 7 atom stereocenters. The molecule has 17 heteroatoms. The van der Waals surface area contributed by atoms with Crippen molar-refractivity contribution < 1.29 is 46.9 Å². The molecule has 1 aromatic rings. The van der Waals surface area contributed by atoms with E-state index in [1.165, 1.54) is 24.0 Å². The smallest absolute Gasteiger partial charge is 0.244 e. The lowest BCUT2D eigenvalue weighted by atomic mass is 10.0. The van der Waals surface area contributed by atoms with Crippen LogP contribution in [-0.4, -0.2) is 156 Å². The van der Waals surface area contributed by atoms with E-state index in [1.54, 1.807) is 4.90 Å². The summed E-state index contributed by atoms with van der Waals surface area (Å²) in [4.78, 5) is 57.9. The fourth-order valence-electron chi connectivity index (χ4n) is 7.52. The molecule has 0 spiro atoms. The SMILES string of the molecule is CC(=O)N1CCC(N2C[C@@H]3C[C@H]2C(=O)N2CCN(S(=O)(=O)c4cccc(F)c4)[C@@H](C2)C(=O)NC[C@H]2O[C@@H](CC(=O)N3)[C@H](O)[C@@H]2O)CC1. The number of hydrogen-bond acceptors (Lipinski definition) is 10. The molecule has 0 unspecified atom stereocenters. The van der Waals surface area contributed by atoms with Crippen molar-refractivity contribution in [2.45, 2.75) is 86.1 Å². The molecule has 0 saturated carbocycles. The van der Waals surface area contributed by atoms with Crippen molar-refractivity contribution in [2.75, 3.05) is 45.8 Å². The van der Waals surface area contributed by atoms with Crippen LogP contribution in [0.1, 0.15) is 32.6 Å². The van der Waals surface area contributed by atoms with Crippen LogP contribution < -0.4 is 10.6 Å². The van der Waals surface area contributed by atoms with Gasteiger partial charge in [-0.3, -0.25) is 24.1 Å². The van der Waals surface area contributed by atoms with E-state index in [0.29, 0.717) is 32.5 Å². The summed E-state index contributed by atoms with van der Waals surface area (Å²) >= 11 is 0. The standard InChI is InChI=1S/C30H41FN6O9S/c1-17(38)34-7-5-20(6-8-34)36-15-19-12-22(36)30(43)35-9-10-37(47(44,45)21-4-2-3-18(31)11-21)23(16-35)29(42)32-14-25-28(41)27(40)24(46-25)13-26(39)33-19/h2-4,11,19-20,22-25,27-28,40-41H,5-10,12-16H2,1H3,(H,32,42)(H,33,39)/t19-,22-,23-,24-,25+,27-,28+/m0/s1. The predicted molar refractivity (Wildman–Crippen MR) is 161 cm³/mol. The second kappa shape index (κ2) is 13.4. The van der Waals surface area contributed by atoms with Crippen molar-refractivity contribution in [3.63, 3.8) is 0 Å². The maximum Gasteiger partial charge on any atom is 0.244 e. The third kappa shape index (κ3) is 6.73. The average Bonchev–Trinajstić information content (AvgIpc) is 3.58. The van der Waals surface area contributed by atoms with Gasteiger partial charge in [0.1, 0.15) is 30.2 Å². The molecule has 4 amide bonds. The number of sulfonamides is 1. The van der Waals surface area contributed by atoms with E-state index in [1.807, 2.05) is 4.90 Å². The van der Waals surface area contributed by atoms with Crippen molar-refractivity contribution in [3.05, 3.63) is 30.1 Å². The summed E-state index contributed by atoms with van der Waals surface area (Å²) in [6.07, 6.45) is -3.73. The van der Waals surface area contributed by atoms with Gasteiger partial charge in [-0.05, 0) is 37.5 Å². The first kappa shape index (κ1) is 33.7. The molecule has 5 fully saturated rings. The highest BCUT2D eigenvalue weighted by atomic mass is 32.2. The Morgan fingerprint density at radius 3 is 2.43 bits per heavy atom. The van der Waals surface area contributed by atoms with Gasteiger partial charge in [0.15, 0.2) is 0 Å².